The molecule has 3 heteroatoms. The first-order valence-corrected chi connectivity index (χ1v) is 4.16. The van der Waals surface area contributed by atoms with Crippen molar-refractivity contribution in [2.75, 3.05) is 13.2 Å². The van der Waals surface area contributed by atoms with Crippen LogP contribution >= 0.6 is 0 Å². The van der Waals surface area contributed by atoms with Crippen LogP contribution in [0.2, 0.25) is 0 Å². The van der Waals surface area contributed by atoms with Crippen LogP contribution in [0, 0.1) is 5.41 Å². The van der Waals surface area contributed by atoms with Crippen molar-refractivity contribution in [3.05, 3.63) is 0 Å². The third-order valence-electron chi connectivity index (χ3n) is 2.07. The lowest BCUT2D eigenvalue weighted by molar-refractivity contribution is -0.0557. The molecule has 1 saturated carbocycles. The Morgan fingerprint density at radius 1 is 1.55 bits per heavy atom. The SMILES string of the molecule is CC1(/C=N/NC2CC2)COC1. The second kappa shape index (κ2) is 2.48. The van der Waals surface area contributed by atoms with Crippen LogP contribution in [-0.2, 0) is 4.74 Å². The number of hydrogen-bond donors (Lipinski definition) is 1. The molecule has 0 bridgehead atoms. The summed E-state index contributed by atoms with van der Waals surface area (Å²) in [7, 11) is 0. The first kappa shape index (κ1) is 7.10. The van der Waals surface area contributed by atoms with Crippen molar-refractivity contribution in [3.8, 4) is 0 Å². The molecule has 1 heterocycles. The molecule has 3 nitrogen and oxygen atoms in total. The molecule has 0 radical (unpaired) electrons. The summed E-state index contributed by atoms with van der Waals surface area (Å²) in [6.45, 7) is 3.81. The summed E-state index contributed by atoms with van der Waals surface area (Å²) in [4.78, 5) is 0. The summed E-state index contributed by atoms with van der Waals surface area (Å²) in [5.74, 6) is 0. The number of hydrazone groups is 1. The molecular weight excluding hydrogens is 140 g/mol. The zero-order chi connectivity index (χ0) is 7.73. The van der Waals surface area contributed by atoms with Crippen LogP contribution < -0.4 is 5.43 Å². The molecule has 1 aliphatic carbocycles. The topological polar surface area (TPSA) is 33.6 Å². The van der Waals surface area contributed by atoms with Gasteiger partial charge in [-0.1, -0.05) is 6.92 Å². The third-order valence-corrected chi connectivity index (χ3v) is 2.07. The molecule has 0 unspecified atom stereocenters. The molecule has 0 aromatic carbocycles. The van der Waals surface area contributed by atoms with Crippen molar-refractivity contribution in [1.82, 2.24) is 5.43 Å². The zero-order valence-electron chi connectivity index (χ0n) is 6.84. The number of nitrogens with one attached hydrogen (secondary N) is 1. The lowest BCUT2D eigenvalue weighted by Crippen LogP contribution is -2.41. The summed E-state index contributed by atoms with van der Waals surface area (Å²) >= 11 is 0. The maximum Gasteiger partial charge on any atom is 0.0592 e. The van der Waals surface area contributed by atoms with Crippen molar-refractivity contribution >= 4 is 6.21 Å². The van der Waals surface area contributed by atoms with Crippen LogP contribution in [-0.4, -0.2) is 25.5 Å². The van der Waals surface area contributed by atoms with Gasteiger partial charge in [-0.15, -0.1) is 0 Å². The average molecular weight is 154 g/mol. The molecule has 62 valence electrons. The van der Waals surface area contributed by atoms with Crippen molar-refractivity contribution < 1.29 is 4.74 Å². The Morgan fingerprint density at radius 2 is 2.27 bits per heavy atom. The summed E-state index contributed by atoms with van der Waals surface area (Å²) < 4.78 is 5.09. The van der Waals surface area contributed by atoms with E-state index in [-0.39, 0.29) is 5.41 Å². The van der Waals surface area contributed by atoms with E-state index < -0.39 is 0 Å². The van der Waals surface area contributed by atoms with Gasteiger partial charge in [0.25, 0.3) is 0 Å². The van der Waals surface area contributed by atoms with E-state index in [1.165, 1.54) is 12.8 Å². The molecule has 1 aliphatic heterocycles. The van der Waals surface area contributed by atoms with Gasteiger partial charge in [0.1, 0.15) is 0 Å². The molecule has 0 amide bonds. The van der Waals surface area contributed by atoms with Crippen LogP contribution in [0.4, 0.5) is 0 Å². The molecule has 1 N–H and O–H groups in total. The van der Waals surface area contributed by atoms with Gasteiger partial charge < -0.3 is 10.2 Å². The molecule has 0 spiro atoms. The minimum absolute atomic E-state index is 0.210. The van der Waals surface area contributed by atoms with E-state index in [0.717, 1.165) is 13.2 Å². The van der Waals surface area contributed by atoms with E-state index in [1.54, 1.807) is 0 Å². The van der Waals surface area contributed by atoms with Crippen LogP contribution in [0.15, 0.2) is 5.10 Å². The predicted octanol–water partition coefficient (Wildman–Crippen LogP) is 0.761. The van der Waals surface area contributed by atoms with Gasteiger partial charge in [0, 0.05) is 12.3 Å². The second-order valence-corrected chi connectivity index (χ2v) is 3.81. The lowest BCUT2D eigenvalue weighted by Gasteiger charge is -2.33. The summed E-state index contributed by atoms with van der Waals surface area (Å²) in [6, 6.07) is 0.663. The van der Waals surface area contributed by atoms with Gasteiger partial charge >= 0.3 is 0 Å². The molecule has 0 aromatic rings. The molecule has 0 aromatic heterocycles. The molecule has 11 heavy (non-hydrogen) atoms. The van der Waals surface area contributed by atoms with Gasteiger partial charge in [-0.3, -0.25) is 0 Å². The van der Waals surface area contributed by atoms with E-state index in [0.29, 0.717) is 6.04 Å². The Labute approximate surface area is 66.8 Å². The fourth-order valence-corrected chi connectivity index (χ4v) is 1.01. The van der Waals surface area contributed by atoms with Gasteiger partial charge in [-0.2, -0.15) is 5.10 Å². The van der Waals surface area contributed by atoms with E-state index in [4.69, 9.17) is 4.74 Å². The van der Waals surface area contributed by atoms with Gasteiger partial charge in [-0.25, -0.2) is 0 Å². The maximum atomic E-state index is 5.09. The Balaban J connectivity index is 1.73. The highest BCUT2D eigenvalue weighted by Gasteiger charge is 2.31. The molecule has 2 fully saturated rings. The van der Waals surface area contributed by atoms with Crippen molar-refractivity contribution in [3.63, 3.8) is 0 Å². The van der Waals surface area contributed by atoms with E-state index in [1.807, 2.05) is 6.21 Å². The summed E-state index contributed by atoms with van der Waals surface area (Å²) in [5, 5.41) is 4.17. The highest BCUT2D eigenvalue weighted by atomic mass is 16.5. The molecule has 0 atom stereocenters. The Kier molecular flexibility index (Phi) is 1.60. The first-order valence-electron chi connectivity index (χ1n) is 4.16. The Hall–Kier alpha value is -0.570. The zero-order valence-corrected chi connectivity index (χ0v) is 6.84. The second-order valence-electron chi connectivity index (χ2n) is 3.81. The summed E-state index contributed by atoms with van der Waals surface area (Å²) in [6.07, 6.45) is 4.55. The number of ether oxygens (including phenoxy) is 1. The Morgan fingerprint density at radius 3 is 2.73 bits per heavy atom. The van der Waals surface area contributed by atoms with Gasteiger partial charge in [0.05, 0.1) is 18.6 Å². The van der Waals surface area contributed by atoms with Crippen LogP contribution in [0.25, 0.3) is 0 Å². The van der Waals surface area contributed by atoms with Crippen molar-refractivity contribution in [1.29, 1.82) is 0 Å². The van der Waals surface area contributed by atoms with Crippen LogP contribution in [0.5, 0.6) is 0 Å². The van der Waals surface area contributed by atoms with Gasteiger partial charge in [-0.05, 0) is 12.8 Å². The minimum Gasteiger partial charge on any atom is -0.379 e. The fourth-order valence-electron chi connectivity index (χ4n) is 1.01. The smallest absolute Gasteiger partial charge is 0.0592 e. The number of hydrogen-bond acceptors (Lipinski definition) is 3. The molecule has 1 saturated heterocycles. The normalized spacial score (nSPS) is 28.5. The van der Waals surface area contributed by atoms with E-state index in [2.05, 4.69) is 17.5 Å². The van der Waals surface area contributed by atoms with Gasteiger partial charge in [0.15, 0.2) is 0 Å². The number of nitrogens with zero attached hydrogens (tertiary/aromatic N) is 1. The Bertz CT molecular complexity index is 171. The average Bonchev–Trinajstić information content (AvgIpc) is 2.68. The van der Waals surface area contributed by atoms with Crippen molar-refractivity contribution in [2.24, 2.45) is 10.5 Å². The monoisotopic (exact) mass is 154 g/mol. The minimum atomic E-state index is 0.210. The highest BCUT2D eigenvalue weighted by molar-refractivity contribution is 5.66. The van der Waals surface area contributed by atoms with E-state index in [9.17, 15) is 0 Å². The van der Waals surface area contributed by atoms with E-state index >= 15 is 0 Å². The molecule has 2 rings (SSSR count). The predicted molar refractivity (Wildman–Crippen MR) is 43.6 cm³/mol. The summed E-state index contributed by atoms with van der Waals surface area (Å²) in [5.41, 5.74) is 3.30. The molecular formula is C8H14N2O. The molecule has 2 aliphatic rings. The standard InChI is InChI=1S/C8H14N2O/c1-8(5-11-6-8)4-9-10-7-2-3-7/h4,7,10H,2-3,5-6H2,1H3/b9-4+. The van der Waals surface area contributed by atoms with Crippen LogP contribution in [0.1, 0.15) is 19.8 Å². The quantitative estimate of drug-likeness (QED) is 0.481. The van der Waals surface area contributed by atoms with Crippen molar-refractivity contribution in [2.45, 2.75) is 25.8 Å². The largest absolute Gasteiger partial charge is 0.379 e. The van der Waals surface area contributed by atoms with Gasteiger partial charge in [0.2, 0.25) is 0 Å². The third kappa shape index (κ3) is 1.71. The fraction of sp³-hybridized carbons (Fsp3) is 0.875. The highest BCUT2D eigenvalue weighted by Crippen LogP contribution is 2.24. The van der Waals surface area contributed by atoms with Crippen LogP contribution in [0.3, 0.4) is 0 Å². The number of rotatable bonds is 3. The maximum absolute atomic E-state index is 5.09. The first-order chi connectivity index (χ1) is 5.29. The lowest BCUT2D eigenvalue weighted by atomic mass is 9.91.